The monoisotopic (exact) mass is 444 g/mol. The van der Waals surface area contributed by atoms with Crippen molar-refractivity contribution >= 4 is 34.2 Å². The summed E-state index contributed by atoms with van der Waals surface area (Å²) in [4.78, 5) is 14.2. The molecule has 2 heterocycles. The molecule has 8 heteroatoms. The number of nitrogens with one attached hydrogen (secondary N) is 1. The van der Waals surface area contributed by atoms with Gasteiger partial charge in [-0.1, -0.05) is 23.7 Å². The van der Waals surface area contributed by atoms with Gasteiger partial charge in [-0.15, -0.1) is 10.2 Å². The summed E-state index contributed by atoms with van der Waals surface area (Å²) in [5, 5.41) is 12.4. The number of hydrogen-bond acceptors (Lipinski definition) is 5. The highest BCUT2D eigenvalue weighted by Gasteiger charge is 2.14. The molecule has 0 bridgehead atoms. The van der Waals surface area contributed by atoms with Crippen molar-refractivity contribution in [3.05, 3.63) is 89.6 Å². The van der Waals surface area contributed by atoms with Gasteiger partial charge >= 0.3 is 0 Å². The first kappa shape index (κ1) is 19.8. The lowest BCUT2D eigenvalue weighted by Crippen LogP contribution is -2.10. The van der Waals surface area contributed by atoms with Gasteiger partial charge in [0.05, 0.1) is 12.8 Å². The summed E-state index contributed by atoms with van der Waals surface area (Å²) in [6.07, 6.45) is 0. The summed E-state index contributed by atoms with van der Waals surface area (Å²) in [5.74, 6) is 1.16. The molecule has 0 aliphatic heterocycles. The van der Waals surface area contributed by atoms with E-state index in [1.165, 1.54) is 0 Å². The molecule has 0 saturated heterocycles. The highest BCUT2D eigenvalue weighted by atomic mass is 35.5. The van der Waals surface area contributed by atoms with Gasteiger partial charge in [-0.3, -0.25) is 4.79 Å². The molecule has 0 fully saturated rings. The third-order valence-electron chi connectivity index (χ3n) is 4.88. The fraction of sp³-hybridized carbons (Fsp3) is 0.0417. The van der Waals surface area contributed by atoms with E-state index in [0.717, 1.165) is 17.0 Å². The number of hydrogen-bond donors (Lipinski definition) is 1. The Labute approximate surface area is 188 Å². The Bertz CT molecular complexity index is 1420. The molecule has 5 aromatic rings. The lowest BCUT2D eigenvalue weighted by atomic mass is 10.2. The minimum Gasteiger partial charge on any atom is -0.497 e. The van der Waals surface area contributed by atoms with E-state index >= 15 is 0 Å². The summed E-state index contributed by atoms with van der Waals surface area (Å²) in [7, 11) is 1.62. The van der Waals surface area contributed by atoms with Crippen molar-refractivity contribution in [2.75, 3.05) is 12.4 Å². The molecule has 0 saturated carbocycles. The van der Waals surface area contributed by atoms with Crippen LogP contribution in [0.1, 0.15) is 10.6 Å². The summed E-state index contributed by atoms with van der Waals surface area (Å²) in [5.41, 5.74) is 3.55. The molecule has 0 aliphatic rings. The number of anilines is 1. The molecule has 0 radical (unpaired) electrons. The number of furan rings is 1. The van der Waals surface area contributed by atoms with E-state index in [1.54, 1.807) is 54.4 Å². The fourth-order valence-corrected chi connectivity index (χ4v) is 3.46. The predicted molar refractivity (Wildman–Crippen MR) is 123 cm³/mol. The van der Waals surface area contributed by atoms with Gasteiger partial charge in [-0.2, -0.15) is 4.80 Å². The quantitative estimate of drug-likeness (QED) is 0.382. The molecular weight excluding hydrogens is 428 g/mol. The second-order valence-corrected chi connectivity index (χ2v) is 7.46. The van der Waals surface area contributed by atoms with Crippen LogP contribution in [-0.2, 0) is 0 Å². The summed E-state index contributed by atoms with van der Waals surface area (Å²) >= 11 is 6.03. The standard InChI is InChI=1S/C24H17ClN4O3/c1-31-19-8-6-18(7-9-19)29-27-20-10-5-17(14-21(20)28-29)26-24(30)23-12-11-22(32-23)15-3-2-4-16(25)13-15/h2-14H,1H3,(H,26,30). The maximum Gasteiger partial charge on any atom is 0.291 e. The Morgan fingerprint density at radius 1 is 0.969 bits per heavy atom. The maximum absolute atomic E-state index is 12.7. The highest BCUT2D eigenvalue weighted by molar-refractivity contribution is 6.30. The summed E-state index contributed by atoms with van der Waals surface area (Å²) < 4.78 is 10.9. The van der Waals surface area contributed by atoms with Crippen LogP contribution in [0.25, 0.3) is 28.0 Å². The van der Waals surface area contributed by atoms with Crippen LogP contribution in [0.15, 0.2) is 83.3 Å². The molecule has 7 nitrogen and oxygen atoms in total. The van der Waals surface area contributed by atoms with Crippen molar-refractivity contribution in [2.45, 2.75) is 0 Å². The minimum atomic E-state index is -0.361. The molecule has 5 rings (SSSR count). The van der Waals surface area contributed by atoms with E-state index < -0.39 is 0 Å². The molecule has 0 aliphatic carbocycles. The lowest BCUT2D eigenvalue weighted by Gasteiger charge is -2.03. The average Bonchev–Trinajstić information content (AvgIpc) is 3.46. The number of rotatable bonds is 5. The smallest absolute Gasteiger partial charge is 0.291 e. The Morgan fingerprint density at radius 2 is 1.78 bits per heavy atom. The van der Waals surface area contributed by atoms with Gasteiger partial charge in [-0.25, -0.2) is 0 Å². The van der Waals surface area contributed by atoms with Crippen LogP contribution in [0.4, 0.5) is 5.69 Å². The SMILES string of the molecule is COc1ccc(-n2nc3ccc(NC(=O)c4ccc(-c5cccc(Cl)c5)o4)cc3n2)cc1. The number of fused-ring (bicyclic) bond motifs is 1. The van der Waals surface area contributed by atoms with Crippen molar-refractivity contribution in [3.63, 3.8) is 0 Å². The molecule has 3 aromatic carbocycles. The van der Waals surface area contributed by atoms with E-state index in [-0.39, 0.29) is 11.7 Å². The third-order valence-corrected chi connectivity index (χ3v) is 5.12. The minimum absolute atomic E-state index is 0.196. The Hall–Kier alpha value is -4.10. The lowest BCUT2D eigenvalue weighted by molar-refractivity contribution is 0.0997. The largest absolute Gasteiger partial charge is 0.497 e. The van der Waals surface area contributed by atoms with Crippen LogP contribution in [-0.4, -0.2) is 28.0 Å². The Morgan fingerprint density at radius 3 is 2.56 bits per heavy atom. The number of carbonyl (C=O) groups is 1. The molecule has 2 aromatic heterocycles. The average molecular weight is 445 g/mol. The summed E-state index contributed by atoms with van der Waals surface area (Å²) in [6.45, 7) is 0. The molecule has 0 unspecified atom stereocenters. The number of carbonyl (C=O) groups excluding carboxylic acids is 1. The topological polar surface area (TPSA) is 82.2 Å². The molecule has 1 N–H and O–H groups in total. The molecule has 1 amide bonds. The predicted octanol–water partition coefficient (Wildman–Crippen LogP) is 5.59. The van der Waals surface area contributed by atoms with Crippen molar-refractivity contribution in [3.8, 4) is 22.8 Å². The van der Waals surface area contributed by atoms with Crippen LogP contribution in [0.2, 0.25) is 5.02 Å². The summed E-state index contributed by atoms with van der Waals surface area (Å²) in [6, 6.07) is 23.4. The number of ether oxygens (including phenoxy) is 1. The van der Waals surface area contributed by atoms with Gasteiger partial charge in [0.15, 0.2) is 5.76 Å². The second-order valence-electron chi connectivity index (χ2n) is 7.02. The highest BCUT2D eigenvalue weighted by Crippen LogP contribution is 2.26. The first-order chi connectivity index (χ1) is 15.6. The normalized spacial score (nSPS) is 10.9. The van der Waals surface area contributed by atoms with E-state index in [0.29, 0.717) is 27.5 Å². The van der Waals surface area contributed by atoms with E-state index in [1.807, 2.05) is 36.4 Å². The maximum atomic E-state index is 12.7. The zero-order valence-corrected chi connectivity index (χ0v) is 17.7. The number of methoxy groups -OCH3 is 1. The van der Waals surface area contributed by atoms with Crippen LogP contribution in [0.5, 0.6) is 5.75 Å². The van der Waals surface area contributed by atoms with Gasteiger partial charge in [0, 0.05) is 16.3 Å². The third kappa shape index (κ3) is 3.93. The van der Waals surface area contributed by atoms with Crippen LogP contribution < -0.4 is 10.1 Å². The Kier molecular flexibility index (Phi) is 5.09. The van der Waals surface area contributed by atoms with Crippen molar-refractivity contribution in [1.82, 2.24) is 15.0 Å². The first-order valence-electron chi connectivity index (χ1n) is 9.78. The van der Waals surface area contributed by atoms with Gasteiger partial charge in [-0.05, 0) is 66.7 Å². The van der Waals surface area contributed by atoms with Crippen molar-refractivity contribution < 1.29 is 13.9 Å². The first-order valence-corrected chi connectivity index (χ1v) is 10.2. The van der Waals surface area contributed by atoms with Crippen LogP contribution >= 0.6 is 11.6 Å². The zero-order chi connectivity index (χ0) is 22.1. The van der Waals surface area contributed by atoms with E-state index in [4.69, 9.17) is 20.8 Å². The Balaban J connectivity index is 1.35. The molecule has 32 heavy (non-hydrogen) atoms. The van der Waals surface area contributed by atoms with Crippen molar-refractivity contribution in [2.24, 2.45) is 0 Å². The second kappa shape index (κ2) is 8.20. The number of benzene rings is 3. The van der Waals surface area contributed by atoms with Crippen molar-refractivity contribution in [1.29, 1.82) is 0 Å². The van der Waals surface area contributed by atoms with Crippen LogP contribution in [0, 0.1) is 0 Å². The number of amides is 1. The molecule has 158 valence electrons. The number of nitrogens with zero attached hydrogens (tertiary/aromatic N) is 3. The molecule has 0 atom stereocenters. The van der Waals surface area contributed by atoms with Gasteiger partial charge in [0.2, 0.25) is 0 Å². The van der Waals surface area contributed by atoms with Crippen LogP contribution in [0.3, 0.4) is 0 Å². The molecular formula is C24H17ClN4O3. The van der Waals surface area contributed by atoms with Gasteiger partial charge < -0.3 is 14.5 Å². The van der Waals surface area contributed by atoms with Gasteiger partial charge in [0.25, 0.3) is 5.91 Å². The van der Waals surface area contributed by atoms with Gasteiger partial charge in [0.1, 0.15) is 22.5 Å². The number of halogens is 1. The zero-order valence-electron chi connectivity index (χ0n) is 16.9. The molecule has 0 spiro atoms. The number of aromatic nitrogens is 3. The fourth-order valence-electron chi connectivity index (χ4n) is 3.27. The van der Waals surface area contributed by atoms with E-state index in [9.17, 15) is 4.79 Å². The van der Waals surface area contributed by atoms with E-state index in [2.05, 4.69) is 15.5 Å².